The van der Waals surface area contributed by atoms with Gasteiger partial charge in [0.25, 0.3) is 11.1 Å². The number of hydrogen-bond donors (Lipinski definition) is 3. The predicted molar refractivity (Wildman–Crippen MR) is 467 cm³/mol. The van der Waals surface area contributed by atoms with Gasteiger partial charge in [-0.25, -0.2) is 37.1 Å². The van der Waals surface area contributed by atoms with Crippen LogP contribution in [0.3, 0.4) is 0 Å². The first-order valence-electron chi connectivity index (χ1n) is 38.1. The summed E-state index contributed by atoms with van der Waals surface area (Å²) in [6, 6.07) is 29.0. The van der Waals surface area contributed by atoms with Crippen LogP contribution >= 0.6 is 106 Å². The maximum atomic E-state index is 14.5. The van der Waals surface area contributed by atoms with E-state index in [9.17, 15) is 46.7 Å². The number of nitrogens with zero attached hydrogens (tertiary/aromatic N) is 4. The second kappa shape index (κ2) is 43.4. The Balaban J connectivity index is 0.000000216. The second-order valence-corrected chi connectivity index (χ2v) is 37.8. The van der Waals surface area contributed by atoms with Gasteiger partial charge in [-0.1, -0.05) is 88.9 Å². The molecule has 634 valence electrons. The topological polar surface area (TPSA) is 214 Å². The quantitative estimate of drug-likeness (QED) is 0.0556. The summed E-state index contributed by atoms with van der Waals surface area (Å²) >= 11 is 31.6. The zero-order valence-electron chi connectivity index (χ0n) is 68.7. The van der Waals surface area contributed by atoms with E-state index in [4.69, 9.17) is 65.7 Å². The summed E-state index contributed by atoms with van der Waals surface area (Å²) in [5.74, 6) is -2.71. The van der Waals surface area contributed by atoms with Crippen molar-refractivity contribution in [3.63, 3.8) is 0 Å². The fourth-order valence-corrected chi connectivity index (χ4v) is 18.2. The molecule has 0 fully saturated rings. The summed E-state index contributed by atoms with van der Waals surface area (Å²) in [4.78, 5) is 94.7. The summed E-state index contributed by atoms with van der Waals surface area (Å²) in [5.41, 5.74) is 9.15. The van der Waals surface area contributed by atoms with Crippen molar-refractivity contribution in [2.75, 3.05) is 73.6 Å². The number of carboxylic acids is 1. The summed E-state index contributed by atoms with van der Waals surface area (Å²) in [6.07, 6.45) is 5.07. The highest BCUT2D eigenvalue weighted by Crippen LogP contribution is 2.42. The predicted octanol–water partition coefficient (Wildman–Crippen LogP) is 21.6. The van der Waals surface area contributed by atoms with E-state index in [-0.39, 0.29) is 52.6 Å². The molecule has 7 aromatic rings. The average molecular weight is 1790 g/mol. The average Bonchev–Trinajstić information content (AvgIpc) is 1.81. The van der Waals surface area contributed by atoms with E-state index in [2.05, 4.69) is 21.4 Å². The van der Waals surface area contributed by atoms with Crippen molar-refractivity contribution in [2.45, 2.75) is 194 Å². The highest BCUT2D eigenvalue weighted by atomic mass is 35.5. The van der Waals surface area contributed by atoms with E-state index in [0.717, 1.165) is 113 Å². The molecule has 0 saturated heterocycles. The zero-order chi connectivity index (χ0) is 85.3. The van der Waals surface area contributed by atoms with Crippen LogP contribution in [-0.4, -0.2) is 162 Å². The first kappa shape index (κ1) is 97.0. The van der Waals surface area contributed by atoms with Crippen LogP contribution in [0.15, 0.2) is 123 Å². The van der Waals surface area contributed by atoms with Gasteiger partial charge in [-0.2, -0.15) is 0 Å². The molecule has 11 rings (SSSR count). The number of fused-ring (bicyclic) bond motifs is 4. The lowest BCUT2D eigenvalue weighted by Crippen LogP contribution is -2.40. The maximum absolute atomic E-state index is 14.5. The zero-order valence-corrected chi connectivity index (χ0v) is 75.8. The third kappa shape index (κ3) is 29.0. The fraction of sp³-hybridized carbons (Fsp3) is 0.437. The van der Waals surface area contributed by atoms with Crippen LogP contribution in [0.1, 0.15) is 175 Å². The van der Waals surface area contributed by atoms with Crippen molar-refractivity contribution in [2.24, 2.45) is 0 Å². The Bertz CT molecular complexity index is 4750. The van der Waals surface area contributed by atoms with E-state index in [0.29, 0.717) is 109 Å². The van der Waals surface area contributed by atoms with Gasteiger partial charge in [-0.15, -0.1) is 47.7 Å². The van der Waals surface area contributed by atoms with Crippen LogP contribution in [-0.2, 0) is 87.6 Å². The molecule has 117 heavy (non-hydrogen) atoms. The number of methoxy groups -OCH3 is 1. The molecular formula is C87H104Cl5F3N6O12S4. The molecule has 4 heterocycles. The van der Waals surface area contributed by atoms with Crippen molar-refractivity contribution in [1.82, 2.24) is 30.2 Å². The van der Waals surface area contributed by atoms with Crippen molar-refractivity contribution in [1.29, 1.82) is 0 Å². The van der Waals surface area contributed by atoms with Gasteiger partial charge in [0.2, 0.25) is 0 Å². The van der Waals surface area contributed by atoms with Crippen molar-refractivity contribution < 1.29 is 70.8 Å². The van der Waals surface area contributed by atoms with Crippen molar-refractivity contribution in [3.8, 4) is 0 Å². The lowest BCUT2D eigenvalue weighted by Gasteiger charge is -2.26. The molecule has 0 unspecified atom stereocenters. The van der Waals surface area contributed by atoms with Crippen LogP contribution in [0.25, 0.3) is 0 Å². The largest absolute Gasteiger partial charge is 0.478 e. The number of ether oxygens (including phenoxy) is 4. The number of rotatable bonds is 13. The molecular weight excluding hydrogens is 1680 g/mol. The molecule has 0 spiro atoms. The van der Waals surface area contributed by atoms with Crippen LogP contribution in [0, 0.1) is 17.5 Å². The molecule has 0 aromatic heterocycles. The van der Waals surface area contributed by atoms with Gasteiger partial charge < -0.3 is 54.3 Å². The van der Waals surface area contributed by atoms with E-state index in [1.807, 2.05) is 132 Å². The number of nitrogens with one attached hydrogen (secondary N) is 2. The molecule has 0 radical (unpaired) electrons. The first-order valence-corrected chi connectivity index (χ1v) is 43.4. The Morgan fingerprint density at radius 1 is 0.453 bits per heavy atom. The number of halogens is 8. The monoisotopic (exact) mass is 1780 g/mol. The molecule has 4 aliphatic heterocycles. The minimum Gasteiger partial charge on any atom is -0.478 e. The highest BCUT2D eigenvalue weighted by Gasteiger charge is 2.31. The Hall–Kier alpha value is -7.17. The van der Waals surface area contributed by atoms with Gasteiger partial charge in [-0.05, 0) is 281 Å². The molecule has 0 aliphatic carbocycles. The molecule has 7 aromatic carbocycles. The minimum absolute atomic E-state index is 0. The Labute approximate surface area is 728 Å². The molecule has 3 N–H and O–H groups in total. The molecule has 4 aliphatic rings. The third-order valence-corrected chi connectivity index (χ3v) is 25.0. The second-order valence-electron chi connectivity index (χ2n) is 32.3. The number of carbonyl (C=O) groups is 7. The summed E-state index contributed by atoms with van der Waals surface area (Å²) in [6.45, 7) is 27.5. The van der Waals surface area contributed by atoms with Gasteiger partial charge in [0.1, 0.15) is 34.3 Å². The number of amides is 5. The summed E-state index contributed by atoms with van der Waals surface area (Å²) < 4.78 is 63.9. The first-order chi connectivity index (χ1) is 54.5. The van der Waals surface area contributed by atoms with Crippen LogP contribution in [0.4, 0.5) is 32.3 Å². The van der Waals surface area contributed by atoms with E-state index in [1.54, 1.807) is 58.8 Å². The molecule has 0 saturated carbocycles. The Kier molecular flexibility index (Phi) is 35.9. The van der Waals surface area contributed by atoms with Crippen LogP contribution in [0.5, 0.6) is 0 Å². The van der Waals surface area contributed by atoms with E-state index >= 15 is 0 Å². The van der Waals surface area contributed by atoms with Crippen molar-refractivity contribution >= 4 is 147 Å². The van der Waals surface area contributed by atoms with Crippen LogP contribution < -0.4 is 10.6 Å². The lowest BCUT2D eigenvalue weighted by atomic mass is 10.0. The lowest BCUT2D eigenvalue weighted by molar-refractivity contribution is 0.0247. The van der Waals surface area contributed by atoms with Gasteiger partial charge in [0.15, 0.2) is 0 Å². The molecule has 5 amide bonds. The van der Waals surface area contributed by atoms with Gasteiger partial charge in [0, 0.05) is 95.7 Å². The number of hydrogen-bond acceptors (Lipinski definition) is 16. The maximum Gasteiger partial charge on any atom is 0.410 e. The number of carboxylic acid groups (broad SMARTS) is 1. The van der Waals surface area contributed by atoms with Gasteiger partial charge >= 0.3 is 30.2 Å². The van der Waals surface area contributed by atoms with E-state index < -0.39 is 57.6 Å². The normalized spacial score (nSPS) is 14.1. The number of benzene rings is 7. The molecule has 30 heteroatoms. The number of aromatic carboxylic acids is 1. The van der Waals surface area contributed by atoms with Gasteiger partial charge in [-0.3, -0.25) is 9.59 Å². The smallest absolute Gasteiger partial charge is 0.410 e. The molecule has 18 nitrogen and oxygen atoms in total. The Morgan fingerprint density at radius 2 is 0.769 bits per heavy atom. The van der Waals surface area contributed by atoms with Crippen LogP contribution in [0.2, 0.25) is 20.1 Å². The standard InChI is InChI=1S/C24H27ClFNO4S.C23H25ClFNO4S.C22H26ClFN2OS.C18H25ClN2O3S.ClH/c1-24(2,3)31-23(29)27-11-9-16-6-8-19(25)21(17(16)10-12-27)32-14-15-5-7-18(20(26)13-15)22(28)30-4;1-23(2,3)30-22(29)26-10-8-15-5-7-18(24)20(16(15)9-11-26)31-13-14-4-6-17(21(27)28)19(25)12-14;1-22(2,3)26-21(27)17-6-4-14(12-19(17)24)13-28-20-16-9-11-25-10-8-15(16)5-7-18(20)23;1-18(2,3)24-16(22)21-10-8-12-6-7-14(19)15(13(12)9-11-21)25-17(23)20(4)5;/h5-8,13H,9-12,14H2,1-4H3;4-7,12H,8-11,13H2,1-3H3,(H,27,28);4-7,12,25H,8-11,13H2,1-3H3,(H,26,27);6-7H,8-11H2,1-5H3;1H. The Morgan fingerprint density at radius 3 is 1.10 bits per heavy atom. The molecule has 0 bridgehead atoms. The third-order valence-electron chi connectivity index (χ3n) is 18.3. The highest BCUT2D eigenvalue weighted by molar-refractivity contribution is 8.13. The number of thioether (sulfide) groups is 4. The number of carbonyl (C=O) groups excluding carboxylic acids is 6. The fourth-order valence-electron chi connectivity index (χ4n) is 12.7. The van der Waals surface area contributed by atoms with Crippen molar-refractivity contribution in [3.05, 3.63) is 219 Å². The summed E-state index contributed by atoms with van der Waals surface area (Å²) in [5, 5.41) is 17.7. The SMILES string of the molecule is CC(C)(C)NC(=O)c1ccc(CSc2c(Cl)ccc3c2CCNCC3)cc1F.CC(C)(C)OC(=O)N1CCc2ccc(Cl)c(SCc3ccc(C(=O)O)c(F)c3)c2CC1.CN(C)C(=O)Sc1c(Cl)ccc2c1CCN(C(=O)OC(C)(C)C)CC2.COC(=O)c1ccc(CSc2c(Cl)ccc3c2CCN(C(=O)OC(C)(C)C)CC3)cc1F.Cl. The molecule has 0 atom stereocenters. The summed E-state index contributed by atoms with van der Waals surface area (Å²) in [7, 11) is 4.66. The van der Waals surface area contributed by atoms with E-state index in [1.165, 1.54) is 77.0 Å². The van der Waals surface area contributed by atoms with Gasteiger partial charge in [0.05, 0.1) is 43.9 Å². The number of esters is 1. The minimum atomic E-state index is -1.29.